The van der Waals surface area contributed by atoms with Crippen LogP contribution in [0.2, 0.25) is 0 Å². The number of imidazole rings is 1. The highest BCUT2D eigenvalue weighted by molar-refractivity contribution is 6.09. The molecule has 0 saturated heterocycles. The number of para-hydroxylation sites is 1. The highest BCUT2D eigenvalue weighted by Gasteiger charge is 2.22. The summed E-state index contributed by atoms with van der Waals surface area (Å²) in [5.74, 6) is 0.687. The molecule has 5 nitrogen and oxygen atoms in total. The number of hydrogen-bond donors (Lipinski definition) is 0. The van der Waals surface area contributed by atoms with Gasteiger partial charge in [0.2, 0.25) is 0 Å². The zero-order valence-electron chi connectivity index (χ0n) is 25.3. The summed E-state index contributed by atoms with van der Waals surface area (Å²) in [5, 5.41) is 1.04. The van der Waals surface area contributed by atoms with Gasteiger partial charge in [-0.2, -0.15) is 0 Å². The number of nitrogens with zero attached hydrogens (tertiary/aromatic N) is 5. The van der Waals surface area contributed by atoms with E-state index in [2.05, 4.69) is 108 Å². The lowest BCUT2D eigenvalue weighted by molar-refractivity contribution is 1.18. The second kappa shape index (κ2) is 11.2. The van der Waals surface area contributed by atoms with Gasteiger partial charge in [-0.25, -0.2) is 19.9 Å². The standard InChI is InChI=1S/C42H27N5/c1-4-15-28(16-5-1)37-36(38(29-17-6-2-7-18-29)46-42(45-37)30-19-8-3-9-20-30)31-21-14-22-32(27-31)39-41-40(33-23-10-11-24-34(33)43-39)44-35-25-12-13-26-47(35)41/h1-27H. The monoisotopic (exact) mass is 601 g/mol. The van der Waals surface area contributed by atoms with Crippen molar-refractivity contribution in [2.75, 3.05) is 0 Å². The maximum absolute atomic E-state index is 5.26. The molecule has 0 aliphatic rings. The molecule has 0 saturated carbocycles. The lowest BCUT2D eigenvalue weighted by Crippen LogP contribution is -2.01. The first-order valence-electron chi connectivity index (χ1n) is 15.7. The van der Waals surface area contributed by atoms with Crippen LogP contribution >= 0.6 is 0 Å². The Morgan fingerprint density at radius 1 is 0.404 bits per heavy atom. The zero-order valence-corrected chi connectivity index (χ0v) is 25.3. The molecule has 47 heavy (non-hydrogen) atoms. The quantitative estimate of drug-likeness (QED) is 0.197. The minimum atomic E-state index is 0.687. The molecule has 5 aromatic carbocycles. The van der Waals surface area contributed by atoms with Crippen LogP contribution in [-0.2, 0) is 0 Å². The molecule has 0 bridgehead atoms. The SMILES string of the molecule is c1ccc(-c2nc(-c3ccccc3)c(-c3cccc(-c4nc5ccccc5c5nc6ccccn6c45)c3)c(-c3ccccc3)n2)cc1. The van der Waals surface area contributed by atoms with Gasteiger partial charge in [0.15, 0.2) is 5.82 Å². The Hall–Kier alpha value is -6.46. The molecule has 0 amide bonds. The molecule has 0 fully saturated rings. The molecule has 220 valence electrons. The Morgan fingerprint density at radius 3 is 1.68 bits per heavy atom. The van der Waals surface area contributed by atoms with Crippen LogP contribution in [-0.4, -0.2) is 24.3 Å². The summed E-state index contributed by atoms with van der Waals surface area (Å²) < 4.78 is 2.14. The van der Waals surface area contributed by atoms with Crippen LogP contribution in [0.15, 0.2) is 164 Å². The predicted octanol–water partition coefficient (Wildman–Crippen LogP) is 10.2. The first-order valence-corrected chi connectivity index (χ1v) is 15.7. The fourth-order valence-corrected chi connectivity index (χ4v) is 6.44. The third kappa shape index (κ3) is 4.64. The van der Waals surface area contributed by atoms with Crippen molar-refractivity contribution < 1.29 is 0 Å². The van der Waals surface area contributed by atoms with Gasteiger partial charge in [0.1, 0.15) is 11.2 Å². The Morgan fingerprint density at radius 2 is 0.979 bits per heavy atom. The summed E-state index contributed by atoms with van der Waals surface area (Å²) >= 11 is 0. The molecule has 0 spiro atoms. The molecule has 0 aliphatic heterocycles. The smallest absolute Gasteiger partial charge is 0.160 e. The van der Waals surface area contributed by atoms with Crippen molar-refractivity contribution in [1.29, 1.82) is 0 Å². The topological polar surface area (TPSA) is 56.0 Å². The van der Waals surface area contributed by atoms with Crippen molar-refractivity contribution in [2.24, 2.45) is 0 Å². The van der Waals surface area contributed by atoms with Crippen molar-refractivity contribution >= 4 is 27.6 Å². The summed E-state index contributed by atoms with van der Waals surface area (Å²) in [6.07, 6.45) is 2.06. The summed E-state index contributed by atoms with van der Waals surface area (Å²) in [4.78, 5) is 20.8. The van der Waals surface area contributed by atoms with Crippen LogP contribution in [0.25, 0.3) is 83.9 Å². The second-order valence-electron chi connectivity index (χ2n) is 11.5. The first kappa shape index (κ1) is 26.9. The van der Waals surface area contributed by atoms with Gasteiger partial charge in [-0.15, -0.1) is 0 Å². The first-order chi connectivity index (χ1) is 23.3. The maximum Gasteiger partial charge on any atom is 0.160 e. The van der Waals surface area contributed by atoms with Crippen LogP contribution in [0.4, 0.5) is 0 Å². The van der Waals surface area contributed by atoms with Gasteiger partial charge >= 0.3 is 0 Å². The zero-order chi connectivity index (χ0) is 31.2. The van der Waals surface area contributed by atoms with E-state index in [4.69, 9.17) is 19.9 Å². The number of fused-ring (bicyclic) bond motifs is 5. The molecule has 9 aromatic rings. The van der Waals surface area contributed by atoms with Gasteiger partial charge in [0.05, 0.1) is 28.1 Å². The minimum absolute atomic E-state index is 0.687. The van der Waals surface area contributed by atoms with E-state index in [1.54, 1.807) is 0 Å². The molecule has 0 aliphatic carbocycles. The Labute approximate surface area is 271 Å². The summed E-state index contributed by atoms with van der Waals surface area (Å²) in [6.45, 7) is 0. The summed E-state index contributed by atoms with van der Waals surface area (Å²) in [7, 11) is 0. The lowest BCUT2D eigenvalue weighted by Gasteiger charge is -2.17. The molecule has 0 atom stereocenters. The summed E-state index contributed by atoms with van der Waals surface area (Å²) in [5.41, 5.74) is 12.4. The van der Waals surface area contributed by atoms with Crippen LogP contribution in [0.5, 0.6) is 0 Å². The molecule has 0 unspecified atom stereocenters. The van der Waals surface area contributed by atoms with E-state index >= 15 is 0 Å². The van der Waals surface area contributed by atoms with Crippen LogP contribution in [0.1, 0.15) is 0 Å². The lowest BCUT2D eigenvalue weighted by atomic mass is 9.92. The molecule has 0 radical (unpaired) electrons. The fraction of sp³-hybridized carbons (Fsp3) is 0. The van der Waals surface area contributed by atoms with E-state index in [1.807, 2.05) is 60.7 Å². The normalized spacial score (nSPS) is 11.4. The van der Waals surface area contributed by atoms with Crippen molar-refractivity contribution in [3.63, 3.8) is 0 Å². The van der Waals surface area contributed by atoms with Crippen LogP contribution < -0.4 is 0 Å². The molecule has 0 N–H and O–H groups in total. The Kier molecular flexibility index (Phi) is 6.39. The minimum Gasteiger partial charge on any atom is -0.298 e. The van der Waals surface area contributed by atoms with Crippen molar-refractivity contribution in [3.8, 4) is 56.3 Å². The number of pyridine rings is 2. The van der Waals surface area contributed by atoms with Crippen LogP contribution in [0.3, 0.4) is 0 Å². The maximum atomic E-state index is 5.26. The summed E-state index contributed by atoms with van der Waals surface area (Å²) in [6, 6.07) is 53.9. The highest BCUT2D eigenvalue weighted by Crippen LogP contribution is 2.41. The predicted molar refractivity (Wildman–Crippen MR) is 191 cm³/mol. The van der Waals surface area contributed by atoms with Crippen molar-refractivity contribution in [2.45, 2.75) is 0 Å². The van der Waals surface area contributed by atoms with E-state index in [9.17, 15) is 0 Å². The van der Waals surface area contributed by atoms with Gasteiger partial charge in [0.25, 0.3) is 0 Å². The molecule has 4 heterocycles. The number of hydrogen-bond acceptors (Lipinski definition) is 4. The average Bonchev–Trinajstić information content (AvgIpc) is 3.55. The van der Waals surface area contributed by atoms with E-state index in [0.29, 0.717) is 5.82 Å². The van der Waals surface area contributed by atoms with E-state index in [-0.39, 0.29) is 0 Å². The van der Waals surface area contributed by atoms with Gasteiger partial charge in [-0.3, -0.25) is 4.40 Å². The molecule has 4 aromatic heterocycles. The third-order valence-corrected chi connectivity index (χ3v) is 8.61. The Balaban J connectivity index is 1.35. The van der Waals surface area contributed by atoms with Crippen molar-refractivity contribution in [3.05, 3.63) is 164 Å². The fourth-order valence-electron chi connectivity index (χ4n) is 6.44. The largest absolute Gasteiger partial charge is 0.298 e. The third-order valence-electron chi connectivity index (χ3n) is 8.61. The van der Waals surface area contributed by atoms with E-state index in [0.717, 1.165) is 78.0 Å². The van der Waals surface area contributed by atoms with Gasteiger partial charge in [-0.1, -0.05) is 133 Å². The van der Waals surface area contributed by atoms with Gasteiger partial charge < -0.3 is 0 Å². The number of aromatic nitrogens is 5. The average molecular weight is 602 g/mol. The van der Waals surface area contributed by atoms with Gasteiger partial charge in [0, 0.05) is 39.4 Å². The van der Waals surface area contributed by atoms with Gasteiger partial charge in [-0.05, 0) is 29.8 Å². The second-order valence-corrected chi connectivity index (χ2v) is 11.5. The molecular formula is C42H27N5. The molecule has 9 rings (SSSR count). The van der Waals surface area contributed by atoms with E-state index in [1.165, 1.54) is 0 Å². The van der Waals surface area contributed by atoms with E-state index < -0.39 is 0 Å². The molecule has 5 heteroatoms. The molecular weight excluding hydrogens is 574 g/mol. The Bertz CT molecular complexity index is 2500. The highest BCUT2D eigenvalue weighted by atomic mass is 15.0. The van der Waals surface area contributed by atoms with Crippen LogP contribution in [0, 0.1) is 0 Å². The number of rotatable bonds is 5. The number of benzene rings is 5. The van der Waals surface area contributed by atoms with Crippen molar-refractivity contribution in [1.82, 2.24) is 24.3 Å².